The van der Waals surface area contributed by atoms with Gasteiger partial charge in [-0.25, -0.2) is 0 Å². The molecule has 5 aliphatic rings. The standard InChI is InChI=1S/C27H46O/c1-17(2)7-6-8-18(3)20-11-12-21-19-9-10-23-25-24(28-25)14-16-27(23,5)22(19)13-15-26(20,21)4/h17-25H,6-16H2,1-5H3/t18-,19+,20-,21+,22+,23-,24-,25-,26-,27+/m0/s1. The molecule has 0 aromatic heterocycles. The van der Waals surface area contributed by atoms with E-state index in [0.29, 0.717) is 23.0 Å². The molecule has 160 valence electrons. The summed E-state index contributed by atoms with van der Waals surface area (Å²) in [5.74, 6) is 6.76. The van der Waals surface area contributed by atoms with Crippen LogP contribution in [0.3, 0.4) is 0 Å². The molecule has 10 atom stereocenters. The number of hydrogen-bond donors (Lipinski definition) is 0. The highest BCUT2D eigenvalue weighted by atomic mass is 16.6. The van der Waals surface area contributed by atoms with Gasteiger partial charge in [-0.15, -0.1) is 0 Å². The van der Waals surface area contributed by atoms with Gasteiger partial charge in [0.1, 0.15) is 0 Å². The van der Waals surface area contributed by atoms with Crippen LogP contribution in [0.5, 0.6) is 0 Å². The maximum Gasteiger partial charge on any atom is 0.0875 e. The molecule has 28 heavy (non-hydrogen) atoms. The lowest BCUT2D eigenvalue weighted by Crippen LogP contribution is -2.54. The molecule has 0 amide bonds. The van der Waals surface area contributed by atoms with Crippen LogP contribution in [0.15, 0.2) is 0 Å². The smallest absolute Gasteiger partial charge is 0.0875 e. The molecular formula is C27H46O. The Hall–Kier alpha value is -0.0400. The van der Waals surface area contributed by atoms with Crippen LogP contribution in [0, 0.1) is 52.3 Å². The van der Waals surface area contributed by atoms with E-state index in [2.05, 4.69) is 34.6 Å². The average Bonchev–Trinajstić information content (AvgIpc) is 3.34. The van der Waals surface area contributed by atoms with Gasteiger partial charge in [-0.2, -0.15) is 0 Å². The number of epoxide rings is 1. The van der Waals surface area contributed by atoms with Gasteiger partial charge in [-0.1, -0.05) is 53.9 Å². The van der Waals surface area contributed by atoms with Crippen LogP contribution in [-0.2, 0) is 4.74 Å². The largest absolute Gasteiger partial charge is 0.369 e. The van der Waals surface area contributed by atoms with Crippen LogP contribution >= 0.6 is 0 Å². The Bertz CT molecular complexity index is 583. The monoisotopic (exact) mass is 386 g/mol. The van der Waals surface area contributed by atoms with Crippen LogP contribution in [0.2, 0.25) is 0 Å². The van der Waals surface area contributed by atoms with E-state index in [1.807, 2.05) is 0 Å². The molecule has 1 nitrogen and oxygen atoms in total. The van der Waals surface area contributed by atoms with E-state index in [1.165, 1.54) is 64.2 Å². The number of hydrogen-bond acceptors (Lipinski definition) is 1. The Labute approximate surface area is 174 Å². The van der Waals surface area contributed by atoms with Gasteiger partial charge >= 0.3 is 0 Å². The topological polar surface area (TPSA) is 12.5 Å². The fraction of sp³-hybridized carbons (Fsp3) is 1.00. The van der Waals surface area contributed by atoms with Crippen molar-refractivity contribution < 1.29 is 4.74 Å². The van der Waals surface area contributed by atoms with Crippen molar-refractivity contribution in [1.82, 2.24) is 0 Å². The molecule has 5 rings (SSSR count). The third kappa shape index (κ3) is 2.96. The highest BCUT2D eigenvalue weighted by Gasteiger charge is 2.65. The molecule has 0 N–H and O–H groups in total. The van der Waals surface area contributed by atoms with Crippen molar-refractivity contribution in [3.8, 4) is 0 Å². The first kappa shape index (κ1) is 19.9. The van der Waals surface area contributed by atoms with Gasteiger partial charge in [0.2, 0.25) is 0 Å². The average molecular weight is 387 g/mol. The van der Waals surface area contributed by atoms with Gasteiger partial charge in [0.25, 0.3) is 0 Å². The number of fused-ring (bicyclic) bond motifs is 7. The molecule has 0 radical (unpaired) electrons. The van der Waals surface area contributed by atoms with Gasteiger partial charge in [-0.3, -0.25) is 0 Å². The highest BCUT2D eigenvalue weighted by Crippen LogP contribution is 2.69. The lowest BCUT2D eigenvalue weighted by atomic mass is 9.44. The van der Waals surface area contributed by atoms with Crippen LogP contribution in [-0.4, -0.2) is 12.2 Å². The van der Waals surface area contributed by atoms with Gasteiger partial charge < -0.3 is 4.74 Å². The lowest BCUT2D eigenvalue weighted by Gasteiger charge is -2.60. The van der Waals surface area contributed by atoms with Crippen molar-refractivity contribution in [3.05, 3.63) is 0 Å². The van der Waals surface area contributed by atoms with E-state index < -0.39 is 0 Å². The second kappa shape index (κ2) is 7.00. The fourth-order valence-electron chi connectivity index (χ4n) is 9.62. The minimum atomic E-state index is 0.600. The maximum atomic E-state index is 6.10. The summed E-state index contributed by atoms with van der Waals surface area (Å²) < 4.78 is 6.10. The van der Waals surface area contributed by atoms with Crippen LogP contribution in [0.4, 0.5) is 0 Å². The summed E-state index contributed by atoms with van der Waals surface area (Å²) in [5.41, 5.74) is 1.25. The van der Waals surface area contributed by atoms with Gasteiger partial charge in [0.05, 0.1) is 12.2 Å². The zero-order valence-electron chi connectivity index (χ0n) is 19.4. The van der Waals surface area contributed by atoms with Crippen LogP contribution in [0.25, 0.3) is 0 Å². The molecule has 0 bridgehead atoms. The summed E-state index contributed by atoms with van der Waals surface area (Å²) in [6.07, 6.45) is 17.6. The van der Waals surface area contributed by atoms with Crippen molar-refractivity contribution in [1.29, 1.82) is 0 Å². The number of rotatable bonds is 5. The van der Waals surface area contributed by atoms with Gasteiger partial charge in [0, 0.05) is 0 Å². The van der Waals surface area contributed by atoms with E-state index in [4.69, 9.17) is 4.74 Å². The second-order valence-corrected chi connectivity index (χ2v) is 12.8. The molecule has 0 aromatic rings. The summed E-state index contributed by atoms with van der Waals surface area (Å²) in [7, 11) is 0. The minimum Gasteiger partial charge on any atom is -0.369 e. The maximum absolute atomic E-state index is 6.10. The summed E-state index contributed by atoms with van der Waals surface area (Å²) >= 11 is 0. The van der Waals surface area contributed by atoms with Crippen molar-refractivity contribution in [2.75, 3.05) is 0 Å². The van der Waals surface area contributed by atoms with Crippen molar-refractivity contribution in [2.45, 2.75) is 117 Å². The molecule has 1 heteroatoms. The van der Waals surface area contributed by atoms with Crippen molar-refractivity contribution >= 4 is 0 Å². The molecule has 1 heterocycles. The molecule has 0 aromatic carbocycles. The first-order chi connectivity index (χ1) is 13.3. The Kier molecular flexibility index (Phi) is 4.97. The normalized spacial score (nSPS) is 53.1. The molecule has 0 spiro atoms. The molecular weight excluding hydrogens is 340 g/mol. The first-order valence-corrected chi connectivity index (χ1v) is 13.0. The molecule has 1 saturated heterocycles. The Morgan fingerprint density at radius 1 is 0.786 bits per heavy atom. The molecule has 4 aliphatic carbocycles. The number of ether oxygens (including phenoxy) is 1. The molecule has 4 saturated carbocycles. The molecule has 1 aliphatic heterocycles. The predicted octanol–water partition coefficient (Wildman–Crippen LogP) is 7.49. The Balaban J connectivity index is 1.30. The summed E-state index contributed by atoms with van der Waals surface area (Å²) in [5, 5.41) is 0. The van der Waals surface area contributed by atoms with Crippen LogP contribution < -0.4 is 0 Å². The fourth-order valence-corrected chi connectivity index (χ4v) is 9.62. The highest BCUT2D eigenvalue weighted by molar-refractivity contribution is 5.13. The quantitative estimate of drug-likeness (QED) is 0.446. The van der Waals surface area contributed by atoms with E-state index in [0.717, 1.165) is 41.4 Å². The minimum absolute atomic E-state index is 0.600. The van der Waals surface area contributed by atoms with Crippen molar-refractivity contribution in [2.24, 2.45) is 52.3 Å². The van der Waals surface area contributed by atoms with E-state index >= 15 is 0 Å². The van der Waals surface area contributed by atoms with Gasteiger partial charge in [-0.05, 0) is 104 Å². The third-order valence-corrected chi connectivity index (χ3v) is 11.1. The molecule has 5 fully saturated rings. The van der Waals surface area contributed by atoms with Crippen molar-refractivity contribution in [3.63, 3.8) is 0 Å². The van der Waals surface area contributed by atoms with Crippen LogP contribution in [0.1, 0.15) is 105 Å². The molecule has 0 unspecified atom stereocenters. The second-order valence-electron chi connectivity index (χ2n) is 12.8. The summed E-state index contributed by atoms with van der Waals surface area (Å²) in [6, 6.07) is 0. The zero-order chi connectivity index (χ0) is 19.7. The Morgan fingerprint density at radius 2 is 1.50 bits per heavy atom. The van der Waals surface area contributed by atoms with E-state index in [-0.39, 0.29) is 0 Å². The van der Waals surface area contributed by atoms with E-state index in [9.17, 15) is 0 Å². The zero-order valence-corrected chi connectivity index (χ0v) is 19.4. The Morgan fingerprint density at radius 3 is 2.29 bits per heavy atom. The third-order valence-electron chi connectivity index (χ3n) is 11.1. The predicted molar refractivity (Wildman–Crippen MR) is 117 cm³/mol. The SMILES string of the molecule is CC(C)CCC[C@H](C)[C@@H]1CC[C@@H]2[C@H]3CC[C@H]4[C@@H]5O[C@H]5CC[C@]4(C)[C@@H]3CC[C@]21C. The van der Waals surface area contributed by atoms with E-state index in [1.54, 1.807) is 6.42 Å². The summed E-state index contributed by atoms with van der Waals surface area (Å²) in [6.45, 7) is 12.8. The first-order valence-electron chi connectivity index (χ1n) is 13.0. The van der Waals surface area contributed by atoms with Gasteiger partial charge in [0.15, 0.2) is 0 Å². The lowest BCUT2D eigenvalue weighted by molar-refractivity contribution is -0.111. The summed E-state index contributed by atoms with van der Waals surface area (Å²) in [4.78, 5) is 0.